The Hall–Kier alpha value is -7.80. The van der Waals surface area contributed by atoms with Crippen LogP contribution in [0.5, 0.6) is 0 Å². The highest BCUT2D eigenvalue weighted by Gasteiger charge is 2.18. The Morgan fingerprint density at radius 2 is 0.900 bits per heavy atom. The number of furan rings is 1. The van der Waals surface area contributed by atoms with Gasteiger partial charge in [0.1, 0.15) is 11.2 Å². The molecule has 12 rings (SSSR count). The fourth-order valence-electron chi connectivity index (χ4n) is 8.42. The molecule has 0 unspecified atom stereocenters. The summed E-state index contributed by atoms with van der Waals surface area (Å²) in [5.74, 6) is 1.86. The van der Waals surface area contributed by atoms with Crippen LogP contribution in [-0.2, 0) is 0 Å². The van der Waals surface area contributed by atoms with Crippen molar-refractivity contribution in [2.45, 2.75) is 0 Å². The number of aromatic nitrogens is 4. The van der Waals surface area contributed by atoms with Crippen LogP contribution in [0.2, 0.25) is 0 Å². The SMILES string of the molecule is c1ccc(-c2nc(-c3ccc(-c4ccc5sc6c7ccccc7nc(-c7ccccc7)c6c5c4)cc3)nc(-c3ccc(-c4cccc5oc6ccccc6c45)cc3)n2)cc1. The molecule has 4 aromatic heterocycles. The van der Waals surface area contributed by atoms with Crippen LogP contribution in [-0.4, -0.2) is 19.9 Å². The van der Waals surface area contributed by atoms with Gasteiger partial charge in [0.15, 0.2) is 17.5 Å². The lowest BCUT2D eigenvalue weighted by atomic mass is 9.98. The molecule has 0 N–H and O–H groups in total. The van der Waals surface area contributed by atoms with Crippen molar-refractivity contribution in [3.05, 3.63) is 194 Å². The summed E-state index contributed by atoms with van der Waals surface area (Å²) in [6.07, 6.45) is 0. The van der Waals surface area contributed by atoms with Crippen molar-refractivity contribution in [2.24, 2.45) is 0 Å². The molecule has 0 aliphatic rings. The van der Waals surface area contributed by atoms with Gasteiger partial charge in [0.25, 0.3) is 0 Å². The molecule has 0 aliphatic carbocycles. The maximum Gasteiger partial charge on any atom is 0.164 e. The van der Waals surface area contributed by atoms with E-state index < -0.39 is 0 Å². The normalized spacial score (nSPS) is 11.7. The highest BCUT2D eigenvalue weighted by atomic mass is 32.1. The van der Waals surface area contributed by atoms with E-state index in [1.165, 1.54) is 25.6 Å². The number of hydrogen-bond donors (Lipinski definition) is 0. The van der Waals surface area contributed by atoms with E-state index >= 15 is 0 Å². The topological polar surface area (TPSA) is 64.7 Å². The van der Waals surface area contributed by atoms with Crippen LogP contribution in [0.4, 0.5) is 0 Å². The average molecular weight is 785 g/mol. The second kappa shape index (κ2) is 13.9. The highest BCUT2D eigenvalue weighted by molar-refractivity contribution is 7.26. The van der Waals surface area contributed by atoms with E-state index in [9.17, 15) is 0 Å². The van der Waals surface area contributed by atoms with Crippen LogP contribution in [0.3, 0.4) is 0 Å². The third-order valence-corrected chi connectivity index (χ3v) is 12.6. The Balaban J connectivity index is 0.930. The van der Waals surface area contributed by atoms with Crippen molar-refractivity contribution >= 4 is 64.4 Å². The molecule has 4 heterocycles. The molecule has 6 heteroatoms. The van der Waals surface area contributed by atoms with Crippen LogP contribution in [0.1, 0.15) is 0 Å². The number of nitrogens with zero attached hydrogens (tertiary/aromatic N) is 4. The summed E-state index contributed by atoms with van der Waals surface area (Å²) in [6, 6.07) is 67.3. The minimum Gasteiger partial charge on any atom is -0.456 e. The Morgan fingerprint density at radius 1 is 0.350 bits per heavy atom. The van der Waals surface area contributed by atoms with E-state index in [4.69, 9.17) is 24.4 Å². The monoisotopic (exact) mass is 784 g/mol. The first-order chi connectivity index (χ1) is 29.7. The maximum absolute atomic E-state index is 6.18. The Labute approximate surface area is 348 Å². The maximum atomic E-state index is 6.18. The standard InChI is InChI=1S/C54H32N4OS/c1-3-12-35(13-4-1)50-49-43-32-39(30-31-47(43)60-51(49)41-16-7-9-19-44(41)55-50)33-22-26-37(27-23-33)53-56-52(36-14-5-2-6-15-36)57-54(58-53)38-28-24-34(25-29-38)40-18-11-21-46-48(40)42-17-8-10-20-45(42)59-46/h1-32H. The van der Waals surface area contributed by atoms with Gasteiger partial charge in [0, 0.05) is 58.6 Å². The quantitative estimate of drug-likeness (QED) is 0.168. The van der Waals surface area contributed by atoms with Crippen LogP contribution < -0.4 is 0 Å². The second-order valence-corrected chi connectivity index (χ2v) is 16.0. The minimum absolute atomic E-state index is 0.617. The number of rotatable bonds is 6. The van der Waals surface area contributed by atoms with Gasteiger partial charge in [-0.25, -0.2) is 19.9 Å². The lowest BCUT2D eigenvalue weighted by Crippen LogP contribution is -2.00. The van der Waals surface area contributed by atoms with E-state index in [0.29, 0.717) is 17.5 Å². The van der Waals surface area contributed by atoms with Crippen molar-refractivity contribution in [2.75, 3.05) is 0 Å². The fraction of sp³-hybridized carbons (Fsp3) is 0. The van der Waals surface area contributed by atoms with Gasteiger partial charge in [0.2, 0.25) is 0 Å². The number of pyridine rings is 1. The van der Waals surface area contributed by atoms with Crippen LogP contribution in [0.15, 0.2) is 199 Å². The zero-order valence-electron chi connectivity index (χ0n) is 32.1. The Kier molecular flexibility index (Phi) is 7.96. The van der Waals surface area contributed by atoms with Crippen molar-refractivity contribution in [1.29, 1.82) is 0 Å². The molecule has 8 aromatic carbocycles. The molecule has 0 spiro atoms. The molecule has 0 bridgehead atoms. The smallest absolute Gasteiger partial charge is 0.164 e. The van der Waals surface area contributed by atoms with E-state index in [0.717, 1.165) is 77.7 Å². The minimum atomic E-state index is 0.617. The Morgan fingerprint density at radius 3 is 1.62 bits per heavy atom. The number of hydrogen-bond acceptors (Lipinski definition) is 6. The van der Waals surface area contributed by atoms with Crippen LogP contribution >= 0.6 is 11.3 Å². The molecule has 0 fully saturated rings. The van der Waals surface area contributed by atoms with Gasteiger partial charge in [0.05, 0.1) is 11.2 Å². The summed E-state index contributed by atoms with van der Waals surface area (Å²) < 4.78 is 8.69. The summed E-state index contributed by atoms with van der Waals surface area (Å²) in [6.45, 7) is 0. The zero-order chi connectivity index (χ0) is 39.6. The number of thiophene rings is 1. The van der Waals surface area contributed by atoms with Gasteiger partial charge >= 0.3 is 0 Å². The summed E-state index contributed by atoms with van der Waals surface area (Å²) in [4.78, 5) is 20.3. The summed E-state index contributed by atoms with van der Waals surface area (Å²) in [5, 5.41) is 5.82. The molecule has 12 aromatic rings. The Bertz CT molecular complexity index is 3580. The molecule has 0 amide bonds. The predicted molar refractivity (Wildman–Crippen MR) is 248 cm³/mol. The van der Waals surface area contributed by atoms with Crippen molar-refractivity contribution in [3.63, 3.8) is 0 Å². The van der Waals surface area contributed by atoms with E-state index in [2.05, 4.69) is 140 Å². The largest absolute Gasteiger partial charge is 0.456 e. The lowest BCUT2D eigenvalue weighted by Gasteiger charge is -2.10. The molecule has 0 saturated carbocycles. The third kappa shape index (κ3) is 5.76. The molecule has 0 atom stereocenters. The number of benzene rings is 8. The molecular weight excluding hydrogens is 753 g/mol. The first-order valence-electron chi connectivity index (χ1n) is 20.0. The van der Waals surface area contributed by atoms with Crippen LogP contribution in [0.25, 0.3) is 121 Å². The molecule has 60 heavy (non-hydrogen) atoms. The summed E-state index contributed by atoms with van der Waals surface area (Å²) in [5.41, 5.74) is 12.1. The van der Waals surface area contributed by atoms with E-state index in [1.807, 2.05) is 65.9 Å². The van der Waals surface area contributed by atoms with Gasteiger partial charge in [-0.3, -0.25) is 0 Å². The molecule has 0 radical (unpaired) electrons. The van der Waals surface area contributed by atoms with E-state index in [1.54, 1.807) is 0 Å². The molecule has 5 nitrogen and oxygen atoms in total. The lowest BCUT2D eigenvalue weighted by molar-refractivity contribution is 0.669. The van der Waals surface area contributed by atoms with Gasteiger partial charge in [-0.05, 0) is 52.6 Å². The van der Waals surface area contributed by atoms with Gasteiger partial charge in [-0.2, -0.15) is 0 Å². The fourth-order valence-corrected chi connectivity index (χ4v) is 9.64. The van der Waals surface area contributed by atoms with Crippen molar-refractivity contribution in [3.8, 4) is 67.7 Å². The average Bonchev–Trinajstić information content (AvgIpc) is 3.91. The van der Waals surface area contributed by atoms with Gasteiger partial charge in [-0.15, -0.1) is 11.3 Å². The number of fused-ring (bicyclic) bond motifs is 8. The predicted octanol–water partition coefficient (Wildman–Crippen LogP) is 14.7. The molecule has 0 saturated heterocycles. The van der Waals surface area contributed by atoms with Crippen molar-refractivity contribution in [1.82, 2.24) is 19.9 Å². The molecule has 280 valence electrons. The number of para-hydroxylation sites is 2. The third-order valence-electron chi connectivity index (χ3n) is 11.4. The molecule has 0 aliphatic heterocycles. The van der Waals surface area contributed by atoms with Crippen LogP contribution in [0, 0.1) is 0 Å². The van der Waals surface area contributed by atoms with Gasteiger partial charge in [-0.1, -0.05) is 164 Å². The van der Waals surface area contributed by atoms with Crippen molar-refractivity contribution < 1.29 is 4.42 Å². The second-order valence-electron chi connectivity index (χ2n) is 15.0. The van der Waals surface area contributed by atoms with E-state index in [-0.39, 0.29) is 0 Å². The molecular formula is C54H32N4OS. The van der Waals surface area contributed by atoms with Gasteiger partial charge < -0.3 is 4.42 Å². The zero-order valence-corrected chi connectivity index (χ0v) is 32.9. The first kappa shape index (κ1) is 34.3. The summed E-state index contributed by atoms with van der Waals surface area (Å²) >= 11 is 1.84. The highest BCUT2D eigenvalue weighted by Crippen LogP contribution is 2.44. The summed E-state index contributed by atoms with van der Waals surface area (Å²) in [7, 11) is 0. The first-order valence-corrected chi connectivity index (χ1v) is 20.8.